The Labute approximate surface area is 101 Å². The van der Waals surface area contributed by atoms with E-state index in [0.717, 1.165) is 12.8 Å². The van der Waals surface area contributed by atoms with Crippen LogP contribution in [0.4, 0.5) is 0 Å². The summed E-state index contributed by atoms with van der Waals surface area (Å²) in [5, 5.41) is 6.76. The van der Waals surface area contributed by atoms with Crippen LogP contribution in [-0.2, 0) is 11.2 Å². The van der Waals surface area contributed by atoms with Crippen molar-refractivity contribution in [2.24, 2.45) is 0 Å². The van der Waals surface area contributed by atoms with Gasteiger partial charge in [0.1, 0.15) is 0 Å². The van der Waals surface area contributed by atoms with Crippen LogP contribution >= 0.6 is 0 Å². The second-order valence-corrected chi connectivity index (χ2v) is 4.64. The van der Waals surface area contributed by atoms with Gasteiger partial charge in [-0.3, -0.25) is 4.79 Å². The van der Waals surface area contributed by atoms with E-state index in [1.165, 1.54) is 19.3 Å². The molecule has 0 atom stereocenters. The smallest absolute Gasteiger partial charge is 0.227 e. The summed E-state index contributed by atoms with van der Waals surface area (Å²) in [5.41, 5.74) is 0. The highest BCUT2D eigenvalue weighted by Crippen LogP contribution is 2.17. The fraction of sp³-hybridized carbons (Fsp3) is 0.750. The normalized spacial score (nSPS) is 17.0. The Balaban J connectivity index is 1.70. The first-order valence-corrected chi connectivity index (χ1v) is 6.32. The molecular weight excluding hydrogens is 218 g/mol. The molecule has 1 fully saturated rings. The lowest BCUT2D eigenvalue weighted by molar-refractivity contribution is -0.122. The number of nitrogens with zero attached hydrogens (tertiary/aromatic N) is 2. The van der Waals surface area contributed by atoms with E-state index in [1.54, 1.807) is 6.92 Å². The standard InChI is InChI=1S/C12H19N3O2/c1-9-13-12(17-15-9)8-7-11(16)14-10-5-3-2-4-6-10/h10H,2-8H2,1H3,(H,14,16). The molecule has 0 aliphatic heterocycles. The highest BCUT2D eigenvalue weighted by atomic mass is 16.5. The summed E-state index contributed by atoms with van der Waals surface area (Å²) in [5.74, 6) is 1.25. The molecule has 1 amide bonds. The van der Waals surface area contributed by atoms with Gasteiger partial charge in [-0.25, -0.2) is 0 Å². The summed E-state index contributed by atoms with van der Waals surface area (Å²) < 4.78 is 4.96. The molecule has 0 saturated heterocycles. The summed E-state index contributed by atoms with van der Waals surface area (Å²) >= 11 is 0. The van der Waals surface area contributed by atoms with Gasteiger partial charge in [0, 0.05) is 18.9 Å². The summed E-state index contributed by atoms with van der Waals surface area (Å²) in [6.07, 6.45) is 6.95. The molecule has 94 valence electrons. The number of amides is 1. The Morgan fingerprint density at radius 2 is 2.18 bits per heavy atom. The number of rotatable bonds is 4. The maximum Gasteiger partial charge on any atom is 0.227 e. The lowest BCUT2D eigenvalue weighted by Crippen LogP contribution is -2.36. The van der Waals surface area contributed by atoms with Crippen molar-refractivity contribution < 1.29 is 9.32 Å². The van der Waals surface area contributed by atoms with Crippen LogP contribution in [0.3, 0.4) is 0 Å². The summed E-state index contributed by atoms with van der Waals surface area (Å²) in [7, 11) is 0. The molecule has 1 aromatic heterocycles. The Morgan fingerprint density at radius 3 is 2.82 bits per heavy atom. The molecule has 0 radical (unpaired) electrons. The second kappa shape index (κ2) is 5.80. The van der Waals surface area contributed by atoms with Crippen molar-refractivity contribution in [1.82, 2.24) is 15.5 Å². The van der Waals surface area contributed by atoms with Crippen LogP contribution in [-0.4, -0.2) is 22.1 Å². The zero-order chi connectivity index (χ0) is 12.1. The van der Waals surface area contributed by atoms with Crippen LogP contribution in [0.5, 0.6) is 0 Å². The van der Waals surface area contributed by atoms with Crippen molar-refractivity contribution in [2.75, 3.05) is 0 Å². The number of aryl methyl sites for hydroxylation is 2. The third-order valence-electron chi connectivity index (χ3n) is 3.11. The van der Waals surface area contributed by atoms with Gasteiger partial charge in [-0.1, -0.05) is 24.4 Å². The highest BCUT2D eigenvalue weighted by molar-refractivity contribution is 5.76. The van der Waals surface area contributed by atoms with E-state index in [0.29, 0.717) is 30.6 Å². The van der Waals surface area contributed by atoms with Gasteiger partial charge in [0.2, 0.25) is 11.8 Å². The Bertz CT molecular complexity index is 370. The number of nitrogens with one attached hydrogen (secondary N) is 1. The van der Waals surface area contributed by atoms with Crippen LogP contribution in [0.25, 0.3) is 0 Å². The topological polar surface area (TPSA) is 68.0 Å². The van der Waals surface area contributed by atoms with E-state index in [-0.39, 0.29) is 5.91 Å². The summed E-state index contributed by atoms with van der Waals surface area (Å²) in [6, 6.07) is 0.376. The third-order valence-corrected chi connectivity index (χ3v) is 3.11. The Kier molecular flexibility index (Phi) is 4.12. The van der Waals surface area contributed by atoms with E-state index in [4.69, 9.17) is 4.52 Å². The van der Waals surface area contributed by atoms with Gasteiger partial charge in [-0.05, 0) is 19.8 Å². The molecule has 1 saturated carbocycles. The van der Waals surface area contributed by atoms with Gasteiger partial charge in [-0.2, -0.15) is 4.98 Å². The molecule has 2 rings (SSSR count). The van der Waals surface area contributed by atoms with E-state index < -0.39 is 0 Å². The number of aromatic nitrogens is 2. The molecule has 17 heavy (non-hydrogen) atoms. The molecule has 5 nitrogen and oxygen atoms in total. The third kappa shape index (κ3) is 3.84. The van der Waals surface area contributed by atoms with E-state index in [2.05, 4.69) is 15.5 Å². The molecular formula is C12H19N3O2. The van der Waals surface area contributed by atoms with Gasteiger partial charge < -0.3 is 9.84 Å². The molecule has 5 heteroatoms. The minimum atomic E-state index is 0.0905. The minimum absolute atomic E-state index is 0.0905. The molecule has 0 aromatic carbocycles. The molecule has 0 spiro atoms. The number of carbonyl (C=O) groups is 1. The van der Waals surface area contributed by atoms with E-state index >= 15 is 0 Å². The maximum atomic E-state index is 11.7. The fourth-order valence-electron chi connectivity index (χ4n) is 2.21. The van der Waals surface area contributed by atoms with Crippen molar-refractivity contribution in [2.45, 2.75) is 57.9 Å². The summed E-state index contributed by atoms with van der Waals surface area (Å²) in [4.78, 5) is 15.8. The summed E-state index contributed by atoms with van der Waals surface area (Å²) in [6.45, 7) is 1.77. The van der Waals surface area contributed by atoms with Gasteiger partial charge in [0.05, 0.1) is 0 Å². The Hall–Kier alpha value is -1.39. The maximum absolute atomic E-state index is 11.7. The molecule has 1 aromatic rings. The van der Waals surface area contributed by atoms with Crippen LogP contribution in [0.2, 0.25) is 0 Å². The van der Waals surface area contributed by atoms with Crippen molar-refractivity contribution in [3.8, 4) is 0 Å². The Morgan fingerprint density at radius 1 is 1.41 bits per heavy atom. The molecule has 1 N–H and O–H groups in total. The largest absolute Gasteiger partial charge is 0.353 e. The predicted molar refractivity (Wildman–Crippen MR) is 62.4 cm³/mol. The number of carbonyl (C=O) groups excluding carboxylic acids is 1. The monoisotopic (exact) mass is 237 g/mol. The molecule has 0 bridgehead atoms. The van der Waals surface area contributed by atoms with Crippen molar-refractivity contribution in [1.29, 1.82) is 0 Å². The van der Waals surface area contributed by atoms with Crippen LogP contribution in [0.1, 0.15) is 50.2 Å². The first kappa shape index (κ1) is 12.1. The minimum Gasteiger partial charge on any atom is -0.353 e. The fourth-order valence-corrected chi connectivity index (χ4v) is 2.21. The van der Waals surface area contributed by atoms with Gasteiger partial charge >= 0.3 is 0 Å². The van der Waals surface area contributed by atoms with Crippen LogP contribution < -0.4 is 5.32 Å². The SMILES string of the molecule is Cc1noc(CCC(=O)NC2CCCCC2)n1. The van der Waals surface area contributed by atoms with Gasteiger partial charge in [0.15, 0.2) is 5.82 Å². The van der Waals surface area contributed by atoms with Crippen molar-refractivity contribution in [3.05, 3.63) is 11.7 Å². The lowest BCUT2D eigenvalue weighted by Gasteiger charge is -2.22. The molecule has 1 heterocycles. The molecule has 0 unspecified atom stereocenters. The molecule has 1 aliphatic carbocycles. The first-order chi connectivity index (χ1) is 8.24. The van der Waals surface area contributed by atoms with Crippen molar-refractivity contribution in [3.63, 3.8) is 0 Å². The lowest BCUT2D eigenvalue weighted by atomic mass is 9.95. The average molecular weight is 237 g/mol. The van der Waals surface area contributed by atoms with Crippen LogP contribution in [0.15, 0.2) is 4.52 Å². The second-order valence-electron chi connectivity index (χ2n) is 4.64. The van der Waals surface area contributed by atoms with Gasteiger partial charge in [-0.15, -0.1) is 0 Å². The van der Waals surface area contributed by atoms with Gasteiger partial charge in [0.25, 0.3) is 0 Å². The van der Waals surface area contributed by atoms with Crippen molar-refractivity contribution >= 4 is 5.91 Å². The van der Waals surface area contributed by atoms with Crippen LogP contribution in [0, 0.1) is 6.92 Å². The van der Waals surface area contributed by atoms with E-state index in [9.17, 15) is 4.79 Å². The first-order valence-electron chi connectivity index (χ1n) is 6.32. The number of hydrogen-bond acceptors (Lipinski definition) is 4. The highest BCUT2D eigenvalue weighted by Gasteiger charge is 2.16. The zero-order valence-electron chi connectivity index (χ0n) is 10.2. The average Bonchev–Trinajstić information content (AvgIpc) is 2.74. The van der Waals surface area contributed by atoms with E-state index in [1.807, 2.05) is 0 Å². The molecule has 1 aliphatic rings. The number of hydrogen-bond donors (Lipinski definition) is 1. The quantitative estimate of drug-likeness (QED) is 0.866. The zero-order valence-corrected chi connectivity index (χ0v) is 10.2. The predicted octanol–water partition coefficient (Wildman–Crippen LogP) is 1.76.